The normalized spacial score (nSPS) is 31.2. The summed E-state index contributed by atoms with van der Waals surface area (Å²) in [6.45, 7) is 4.71. The lowest BCUT2D eigenvalue weighted by molar-refractivity contribution is 0.193. The van der Waals surface area contributed by atoms with Crippen LogP contribution in [-0.2, 0) is 0 Å². The first-order valence-electron chi connectivity index (χ1n) is 6.58. The highest BCUT2D eigenvalue weighted by molar-refractivity contribution is 9.10. The van der Waals surface area contributed by atoms with Crippen molar-refractivity contribution in [1.29, 1.82) is 0 Å². The lowest BCUT2D eigenvalue weighted by Gasteiger charge is -2.35. The highest BCUT2D eigenvalue weighted by Crippen LogP contribution is 2.40. The van der Waals surface area contributed by atoms with Gasteiger partial charge in [0.2, 0.25) is 0 Å². The Kier molecular flexibility index (Phi) is 4.26. The molecule has 0 amide bonds. The Bertz CT molecular complexity index is 367. The maximum absolute atomic E-state index is 6.46. The molecule has 2 N–H and O–H groups in total. The third-order valence-electron chi connectivity index (χ3n) is 3.99. The molecule has 0 bridgehead atoms. The van der Waals surface area contributed by atoms with Crippen molar-refractivity contribution in [2.45, 2.75) is 39.2 Å². The number of benzene rings is 1. The molecule has 1 aliphatic rings. The van der Waals surface area contributed by atoms with Gasteiger partial charge in [-0.05, 0) is 48.6 Å². The fraction of sp³-hybridized carbons (Fsp3) is 0.600. The maximum Gasteiger partial charge on any atom is 0.0334 e. The molecule has 2 rings (SSSR count). The minimum absolute atomic E-state index is 0.177. The van der Waals surface area contributed by atoms with Crippen molar-refractivity contribution >= 4 is 15.9 Å². The van der Waals surface area contributed by atoms with E-state index in [9.17, 15) is 0 Å². The number of hydrogen-bond acceptors (Lipinski definition) is 1. The highest BCUT2D eigenvalue weighted by Gasteiger charge is 2.29. The molecule has 1 nitrogen and oxygen atoms in total. The van der Waals surface area contributed by atoms with Crippen LogP contribution in [0.25, 0.3) is 0 Å². The second kappa shape index (κ2) is 5.53. The Morgan fingerprint density at radius 3 is 2.29 bits per heavy atom. The van der Waals surface area contributed by atoms with Gasteiger partial charge >= 0.3 is 0 Å². The molecule has 1 aliphatic carbocycles. The van der Waals surface area contributed by atoms with Crippen LogP contribution in [0.15, 0.2) is 28.7 Å². The van der Waals surface area contributed by atoms with Crippen LogP contribution in [0.5, 0.6) is 0 Å². The molecule has 17 heavy (non-hydrogen) atoms. The van der Waals surface area contributed by atoms with Gasteiger partial charge in [0.1, 0.15) is 0 Å². The van der Waals surface area contributed by atoms with Crippen LogP contribution in [0.4, 0.5) is 0 Å². The Morgan fingerprint density at radius 1 is 1.12 bits per heavy atom. The molecule has 3 atom stereocenters. The van der Waals surface area contributed by atoms with Crippen molar-refractivity contribution in [3.05, 3.63) is 34.3 Å². The van der Waals surface area contributed by atoms with Crippen molar-refractivity contribution < 1.29 is 0 Å². The lowest BCUT2D eigenvalue weighted by Crippen LogP contribution is -2.29. The third kappa shape index (κ3) is 3.11. The van der Waals surface area contributed by atoms with Gasteiger partial charge in [0.25, 0.3) is 0 Å². The van der Waals surface area contributed by atoms with Crippen molar-refractivity contribution in [3.8, 4) is 0 Å². The van der Waals surface area contributed by atoms with E-state index in [4.69, 9.17) is 5.73 Å². The molecule has 94 valence electrons. The standard InChI is InChI=1S/C15H22BrN/c1-10-7-11(2)9-12(8-10)15(17)13-5-3-4-6-14(13)16/h3-6,10-12,15H,7-9,17H2,1-2H3. The SMILES string of the molecule is CC1CC(C)CC(C(N)c2ccccc2Br)C1. The van der Waals surface area contributed by atoms with Gasteiger partial charge in [0, 0.05) is 10.5 Å². The molecule has 0 saturated heterocycles. The van der Waals surface area contributed by atoms with Gasteiger partial charge < -0.3 is 5.73 Å². The van der Waals surface area contributed by atoms with E-state index in [-0.39, 0.29) is 6.04 Å². The summed E-state index contributed by atoms with van der Waals surface area (Å²) >= 11 is 3.61. The maximum atomic E-state index is 6.46. The average molecular weight is 296 g/mol. The largest absolute Gasteiger partial charge is 0.324 e. The fourth-order valence-electron chi connectivity index (χ4n) is 3.30. The zero-order valence-corrected chi connectivity index (χ0v) is 12.3. The Morgan fingerprint density at radius 2 is 1.71 bits per heavy atom. The molecule has 0 aliphatic heterocycles. The quantitative estimate of drug-likeness (QED) is 0.853. The fourth-order valence-corrected chi connectivity index (χ4v) is 3.85. The van der Waals surface area contributed by atoms with Gasteiger partial charge in [-0.2, -0.15) is 0 Å². The molecule has 0 aromatic heterocycles. The van der Waals surface area contributed by atoms with Gasteiger partial charge in [0.15, 0.2) is 0 Å². The smallest absolute Gasteiger partial charge is 0.0334 e. The number of halogens is 1. The zero-order valence-electron chi connectivity index (χ0n) is 10.7. The summed E-state index contributed by atoms with van der Waals surface area (Å²) in [5.74, 6) is 2.27. The van der Waals surface area contributed by atoms with Crippen LogP contribution in [-0.4, -0.2) is 0 Å². The summed E-state index contributed by atoms with van der Waals surface area (Å²) in [7, 11) is 0. The zero-order chi connectivity index (χ0) is 12.4. The van der Waals surface area contributed by atoms with Crippen molar-refractivity contribution in [2.75, 3.05) is 0 Å². The van der Waals surface area contributed by atoms with E-state index in [0.717, 1.165) is 16.3 Å². The minimum atomic E-state index is 0.177. The van der Waals surface area contributed by atoms with E-state index in [1.54, 1.807) is 0 Å². The molecule has 1 saturated carbocycles. The van der Waals surface area contributed by atoms with Gasteiger partial charge in [0.05, 0.1) is 0 Å². The third-order valence-corrected chi connectivity index (χ3v) is 4.71. The highest BCUT2D eigenvalue weighted by atomic mass is 79.9. The topological polar surface area (TPSA) is 26.0 Å². The molecule has 0 spiro atoms. The average Bonchev–Trinajstić information content (AvgIpc) is 2.27. The van der Waals surface area contributed by atoms with Crippen molar-refractivity contribution in [3.63, 3.8) is 0 Å². The van der Waals surface area contributed by atoms with Crippen molar-refractivity contribution in [1.82, 2.24) is 0 Å². The summed E-state index contributed by atoms with van der Waals surface area (Å²) < 4.78 is 1.15. The summed E-state index contributed by atoms with van der Waals surface area (Å²) in [5, 5.41) is 0. The van der Waals surface area contributed by atoms with Gasteiger partial charge in [-0.3, -0.25) is 0 Å². The number of rotatable bonds is 2. The Hall–Kier alpha value is -0.340. The summed E-state index contributed by atoms with van der Waals surface area (Å²) in [5.41, 5.74) is 7.73. The Balaban J connectivity index is 2.14. The van der Waals surface area contributed by atoms with Crippen LogP contribution < -0.4 is 5.73 Å². The van der Waals surface area contributed by atoms with E-state index in [1.807, 2.05) is 6.07 Å². The molecule has 0 radical (unpaired) electrons. The van der Waals surface area contributed by atoms with Gasteiger partial charge in [-0.15, -0.1) is 0 Å². The first kappa shape index (κ1) is 13.1. The molecule has 0 heterocycles. The minimum Gasteiger partial charge on any atom is -0.324 e. The summed E-state index contributed by atoms with van der Waals surface area (Å²) in [4.78, 5) is 0. The molecule has 2 heteroatoms. The monoisotopic (exact) mass is 295 g/mol. The van der Waals surface area contributed by atoms with Crippen LogP contribution in [0.2, 0.25) is 0 Å². The Labute approximate surface area is 113 Å². The predicted octanol–water partition coefficient (Wildman–Crippen LogP) is 4.52. The molecule has 1 fully saturated rings. The molecule has 1 aromatic rings. The van der Waals surface area contributed by atoms with E-state index in [0.29, 0.717) is 5.92 Å². The van der Waals surface area contributed by atoms with E-state index < -0.39 is 0 Å². The van der Waals surface area contributed by atoms with E-state index in [1.165, 1.54) is 24.8 Å². The second-order valence-electron chi connectivity index (χ2n) is 5.72. The molecular weight excluding hydrogens is 274 g/mol. The van der Waals surface area contributed by atoms with Gasteiger partial charge in [-0.1, -0.05) is 48.0 Å². The first-order chi connectivity index (χ1) is 8.08. The van der Waals surface area contributed by atoms with E-state index in [2.05, 4.69) is 48.0 Å². The summed E-state index contributed by atoms with van der Waals surface area (Å²) in [6.07, 6.45) is 3.90. The lowest BCUT2D eigenvalue weighted by atomic mass is 9.73. The molecule has 1 aromatic carbocycles. The van der Waals surface area contributed by atoms with Crippen molar-refractivity contribution in [2.24, 2.45) is 23.5 Å². The van der Waals surface area contributed by atoms with Crippen LogP contribution in [0, 0.1) is 17.8 Å². The molecule has 3 unspecified atom stereocenters. The second-order valence-corrected chi connectivity index (χ2v) is 6.58. The molecular formula is C15H22BrN. The number of nitrogens with two attached hydrogens (primary N) is 1. The van der Waals surface area contributed by atoms with Crippen LogP contribution in [0.3, 0.4) is 0 Å². The van der Waals surface area contributed by atoms with E-state index >= 15 is 0 Å². The predicted molar refractivity (Wildman–Crippen MR) is 76.7 cm³/mol. The van der Waals surface area contributed by atoms with Gasteiger partial charge in [-0.25, -0.2) is 0 Å². The first-order valence-corrected chi connectivity index (χ1v) is 7.37. The van der Waals surface area contributed by atoms with Crippen LogP contribution >= 0.6 is 15.9 Å². The van der Waals surface area contributed by atoms with Crippen LogP contribution in [0.1, 0.15) is 44.7 Å². The number of hydrogen-bond donors (Lipinski definition) is 1. The summed E-state index contributed by atoms with van der Waals surface area (Å²) in [6, 6.07) is 8.54.